The molecule has 0 bridgehead atoms. The Morgan fingerprint density at radius 3 is 2.29 bits per heavy atom. The molecular formula is C32H35N3O6S. The summed E-state index contributed by atoms with van der Waals surface area (Å²) in [5.41, 5.74) is 3.50. The quantitative estimate of drug-likeness (QED) is 0.253. The van der Waals surface area contributed by atoms with Gasteiger partial charge in [-0.25, -0.2) is 13.2 Å². The van der Waals surface area contributed by atoms with Crippen LogP contribution in [0.2, 0.25) is 0 Å². The molecule has 3 aromatic carbocycles. The second-order valence-corrected chi connectivity index (χ2v) is 12.1. The number of carbonyl (C=O) groups excluding carboxylic acids is 2. The number of aryl methyl sites for hydroxylation is 1. The Morgan fingerprint density at radius 2 is 1.64 bits per heavy atom. The Hall–Kier alpha value is -4.31. The molecule has 1 fully saturated rings. The normalized spacial score (nSPS) is 13.8. The number of nitrogens with zero attached hydrogens (tertiary/aromatic N) is 3. The summed E-state index contributed by atoms with van der Waals surface area (Å²) in [6, 6.07) is 21.9. The SMILES string of the molecule is CCOC(=O)c1oc2ccc(S(=O)(=O)N(CCc3ccccc3)c3ccc(N4CCN(C(C)=O)CC4)cc3)cc2c1C. The number of rotatable bonds is 9. The van der Waals surface area contributed by atoms with E-state index >= 15 is 0 Å². The molecule has 0 atom stereocenters. The summed E-state index contributed by atoms with van der Waals surface area (Å²) in [5.74, 6) is -0.435. The van der Waals surface area contributed by atoms with Gasteiger partial charge in [0, 0.05) is 56.3 Å². The van der Waals surface area contributed by atoms with E-state index in [0.29, 0.717) is 54.8 Å². The second-order valence-electron chi connectivity index (χ2n) is 10.3. The number of esters is 1. The van der Waals surface area contributed by atoms with Gasteiger partial charge in [-0.2, -0.15) is 0 Å². The maximum absolute atomic E-state index is 14.2. The standard InChI is InChI=1S/C32H35N3O6S/c1-4-40-32(37)31-23(2)29-22-28(14-15-30(29)41-31)42(38,39)35(17-16-25-8-6-5-7-9-25)27-12-10-26(11-13-27)34-20-18-33(19-21-34)24(3)36/h5-15,22H,4,16-21H2,1-3H3. The Morgan fingerprint density at radius 1 is 0.952 bits per heavy atom. The number of carbonyl (C=O) groups is 2. The second kappa shape index (κ2) is 12.3. The molecule has 1 saturated heterocycles. The summed E-state index contributed by atoms with van der Waals surface area (Å²) in [5, 5.41) is 0.544. The highest BCUT2D eigenvalue weighted by Gasteiger charge is 2.28. The van der Waals surface area contributed by atoms with Crippen LogP contribution < -0.4 is 9.21 Å². The molecule has 10 heteroatoms. The molecule has 0 aliphatic carbocycles. The van der Waals surface area contributed by atoms with E-state index < -0.39 is 16.0 Å². The lowest BCUT2D eigenvalue weighted by Crippen LogP contribution is -2.48. The lowest BCUT2D eigenvalue weighted by atomic mass is 10.1. The molecule has 0 unspecified atom stereocenters. The number of sulfonamides is 1. The molecule has 0 spiro atoms. The van der Waals surface area contributed by atoms with E-state index in [1.807, 2.05) is 59.5 Å². The zero-order chi connectivity index (χ0) is 29.9. The van der Waals surface area contributed by atoms with E-state index in [0.717, 1.165) is 11.3 Å². The van der Waals surface area contributed by atoms with Crippen molar-refractivity contribution in [2.24, 2.45) is 0 Å². The van der Waals surface area contributed by atoms with Crippen LogP contribution in [0.4, 0.5) is 11.4 Å². The first kappa shape index (κ1) is 29.2. The summed E-state index contributed by atoms with van der Waals surface area (Å²) >= 11 is 0. The molecule has 2 heterocycles. The van der Waals surface area contributed by atoms with E-state index in [9.17, 15) is 18.0 Å². The van der Waals surface area contributed by atoms with Crippen LogP contribution in [0.1, 0.15) is 35.5 Å². The van der Waals surface area contributed by atoms with Crippen LogP contribution in [0.15, 0.2) is 82.1 Å². The number of benzene rings is 3. The molecule has 1 amide bonds. The van der Waals surface area contributed by atoms with Gasteiger partial charge in [-0.1, -0.05) is 30.3 Å². The Labute approximate surface area is 246 Å². The molecule has 0 saturated carbocycles. The molecule has 4 aromatic rings. The highest BCUT2D eigenvalue weighted by molar-refractivity contribution is 7.92. The summed E-state index contributed by atoms with van der Waals surface area (Å²) in [6.45, 7) is 8.20. The third kappa shape index (κ3) is 5.99. The van der Waals surface area contributed by atoms with Gasteiger partial charge in [0.1, 0.15) is 5.58 Å². The number of hydrogen-bond donors (Lipinski definition) is 0. The molecular weight excluding hydrogens is 554 g/mol. The predicted octanol–water partition coefficient (Wildman–Crippen LogP) is 5.02. The lowest BCUT2D eigenvalue weighted by Gasteiger charge is -2.36. The maximum Gasteiger partial charge on any atom is 0.374 e. The maximum atomic E-state index is 14.2. The van der Waals surface area contributed by atoms with Crippen molar-refractivity contribution in [2.45, 2.75) is 32.1 Å². The lowest BCUT2D eigenvalue weighted by molar-refractivity contribution is -0.129. The molecule has 1 aliphatic rings. The van der Waals surface area contributed by atoms with E-state index in [2.05, 4.69) is 4.90 Å². The highest BCUT2D eigenvalue weighted by atomic mass is 32.2. The number of hydrogen-bond acceptors (Lipinski definition) is 7. The number of ether oxygens (including phenoxy) is 1. The van der Waals surface area contributed by atoms with Crippen molar-refractivity contribution in [1.29, 1.82) is 0 Å². The Bertz CT molecular complexity index is 1670. The minimum atomic E-state index is -3.99. The van der Waals surface area contributed by atoms with Crippen molar-refractivity contribution in [3.8, 4) is 0 Å². The summed E-state index contributed by atoms with van der Waals surface area (Å²) in [7, 11) is -3.99. The largest absolute Gasteiger partial charge is 0.460 e. The molecule has 220 valence electrons. The van der Waals surface area contributed by atoms with Crippen molar-refractivity contribution < 1.29 is 27.2 Å². The van der Waals surface area contributed by atoms with Gasteiger partial charge in [-0.15, -0.1) is 0 Å². The van der Waals surface area contributed by atoms with Crippen molar-refractivity contribution in [2.75, 3.05) is 48.5 Å². The van der Waals surface area contributed by atoms with E-state index in [-0.39, 0.29) is 29.7 Å². The van der Waals surface area contributed by atoms with Crippen LogP contribution in [-0.2, 0) is 26.0 Å². The van der Waals surface area contributed by atoms with Crippen molar-refractivity contribution in [1.82, 2.24) is 4.90 Å². The van der Waals surface area contributed by atoms with Crippen LogP contribution in [0.5, 0.6) is 0 Å². The van der Waals surface area contributed by atoms with Crippen LogP contribution in [-0.4, -0.2) is 64.5 Å². The van der Waals surface area contributed by atoms with Crippen LogP contribution in [0.3, 0.4) is 0 Å². The molecule has 1 aromatic heterocycles. The van der Waals surface area contributed by atoms with Gasteiger partial charge >= 0.3 is 5.97 Å². The fourth-order valence-electron chi connectivity index (χ4n) is 5.25. The molecule has 5 rings (SSSR count). The van der Waals surface area contributed by atoms with Crippen molar-refractivity contribution in [3.05, 3.63) is 89.7 Å². The Kier molecular flexibility index (Phi) is 8.54. The first-order chi connectivity index (χ1) is 20.2. The minimum Gasteiger partial charge on any atom is -0.460 e. The van der Waals surface area contributed by atoms with E-state index in [1.54, 1.807) is 32.9 Å². The van der Waals surface area contributed by atoms with Gasteiger partial charge < -0.3 is 19.0 Å². The number of amides is 1. The van der Waals surface area contributed by atoms with Crippen LogP contribution in [0, 0.1) is 6.92 Å². The highest BCUT2D eigenvalue weighted by Crippen LogP contribution is 2.32. The van der Waals surface area contributed by atoms with Crippen molar-refractivity contribution in [3.63, 3.8) is 0 Å². The van der Waals surface area contributed by atoms with Gasteiger partial charge in [0.15, 0.2) is 0 Å². The fourth-order valence-corrected chi connectivity index (χ4v) is 6.74. The molecule has 0 radical (unpaired) electrons. The average molecular weight is 590 g/mol. The zero-order valence-electron chi connectivity index (χ0n) is 24.1. The summed E-state index contributed by atoms with van der Waals surface area (Å²) in [4.78, 5) is 28.2. The van der Waals surface area contributed by atoms with Gasteiger partial charge in [0.05, 0.1) is 17.2 Å². The smallest absolute Gasteiger partial charge is 0.374 e. The topological polar surface area (TPSA) is 100 Å². The van der Waals surface area contributed by atoms with Gasteiger partial charge in [-0.3, -0.25) is 9.10 Å². The first-order valence-corrected chi connectivity index (χ1v) is 15.5. The Balaban J connectivity index is 1.46. The van der Waals surface area contributed by atoms with E-state index in [1.165, 1.54) is 10.4 Å². The zero-order valence-corrected chi connectivity index (χ0v) is 24.9. The van der Waals surface area contributed by atoms with Gasteiger partial charge in [-0.05, 0) is 68.3 Å². The molecule has 0 N–H and O–H groups in total. The van der Waals surface area contributed by atoms with E-state index in [4.69, 9.17) is 9.15 Å². The molecule has 1 aliphatic heterocycles. The summed E-state index contributed by atoms with van der Waals surface area (Å²) in [6.07, 6.45) is 0.523. The first-order valence-electron chi connectivity index (χ1n) is 14.1. The molecule has 9 nitrogen and oxygen atoms in total. The third-order valence-electron chi connectivity index (χ3n) is 7.63. The average Bonchev–Trinajstić information content (AvgIpc) is 3.34. The van der Waals surface area contributed by atoms with Gasteiger partial charge in [0.2, 0.25) is 11.7 Å². The number of furan rings is 1. The number of anilines is 2. The third-order valence-corrected chi connectivity index (χ3v) is 9.45. The molecule has 42 heavy (non-hydrogen) atoms. The number of fused-ring (bicyclic) bond motifs is 1. The monoisotopic (exact) mass is 589 g/mol. The predicted molar refractivity (Wildman–Crippen MR) is 162 cm³/mol. The number of piperazine rings is 1. The minimum absolute atomic E-state index is 0.0713. The van der Waals surface area contributed by atoms with Crippen molar-refractivity contribution >= 4 is 44.2 Å². The van der Waals surface area contributed by atoms with Gasteiger partial charge in [0.25, 0.3) is 10.0 Å². The van der Waals surface area contributed by atoms with Crippen LogP contribution in [0.25, 0.3) is 11.0 Å². The fraction of sp³-hybridized carbons (Fsp3) is 0.312. The summed E-state index contributed by atoms with van der Waals surface area (Å²) < 4.78 is 40.6. The van der Waals surface area contributed by atoms with Crippen LogP contribution >= 0.6 is 0 Å².